The van der Waals surface area contributed by atoms with Gasteiger partial charge in [-0.15, -0.1) is 0 Å². The first-order chi connectivity index (χ1) is 8.02. The van der Waals surface area contributed by atoms with E-state index in [2.05, 4.69) is 44.8 Å². The van der Waals surface area contributed by atoms with Crippen LogP contribution in [0.1, 0.15) is 5.56 Å². The fraction of sp³-hybridized carbons (Fsp3) is 0.286. The molecule has 5 heteroatoms. The Balaban J connectivity index is -0.000000244. The van der Waals surface area contributed by atoms with Crippen LogP contribution in [0, 0.1) is 6.92 Å². The van der Waals surface area contributed by atoms with Crippen molar-refractivity contribution in [2.75, 3.05) is 0 Å². The van der Waals surface area contributed by atoms with Crippen LogP contribution in [0.15, 0.2) is 48.5 Å². The first-order valence-corrected chi connectivity index (χ1v) is 15.2. The summed E-state index contributed by atoms with van der Waals surface area (Å²) >= 11 is 1.58. The van der Waals surface area contributed by atoms with E-state index in [0.29, 0.717) is 0 Å². The minimum absolute atomic E-state index is 0. The Morgan fingerprint density at radius 2 is 1.53 bits per heavy atom. The summed E-state index contributed by atoms with van der Waals surface area (Å²) in [5.41, 5.74) is 1.47. The van der Waals surface area contributed by atoms with E-state index in [1.165, 1.54) is 5.56 Å². The quantitative estimate of drug-likeness (QED) is 0.344. The third kappa shape index (κ3) is 11.0. The molecule has 0 fully saturated rings. The summed E-state index contributed by atoms with van der Waals surface area (Å²) < 4.78 is 0. The molecular weight excluding hydrogens is 386 g/mol. The van der Waals surface area contributed by atoms with Crippen molar-refractivity contribution in [1.29, 1.82) is 0 Å². The molecule has 106 valence electrons. The number of hydrogen-bond donors (Lipinski definition) is 0. The van der Waals surface area contributed by atoms with Crippen LogP contribution in [-0.2, 0) is 23.3 Å². The average Bonchev–Trinajstić information content (AvgIpc) is 2.91. The second-order valence-corrected chi connectivity index (χ2v) is 9.87. The molecule has 0 aliphatic heterocycles. The van der Waals surface area contributed by atoms with Crippen molar-refractivity contribution >= 4 is 20.1 Å². The maximum absolute atomic E-state index is 2.38. The fourth-order valence-electron chi connectivity index (χ4n) is 1.67. The Bertz CT molecular complexity index is 375. The molecule has 0 atom stereocenters. The Morgan fingerprint density at radius 1 is 1.05 bits per heavy atom. The monoisotopic (exact) mass is 406 g/mol. The largest absolute Gasteiger partial charge is 0.214 e. The van der Waals surface area contributed by atoms with Crippen molar-refractivity contribution in [1.82, 2.24) is 0 Å². The zero-order valence-electron chi connectivity index (χ0n) is 12.1. The molecule has 2 aromatic rings. The normalized spacial score (nSPS) is 8.74. The first kappa shape index (κ1) is 24.6. The Labute approximate surface area is 148 Å². The summed E-state index contributed by atoms with van der Waals surface area (Å²) in [5.74, 6) is 0. The maximum Gasteiger partial charge on any atom is -0.172 e. The zero-order valence-corrected chi connectivity index (χ0v) is 18.5. The molecule has 0 amide bonds. The van der Waals surface area contributed by atoms with Crippen molar-refractivity contribution in [3.63, 3.8) is 0 Å². The van der Waals surface area contributed by atoms with E-state index < -0.39 is 8.07 Å². The average molecular weight is 409 g/mol. The predicted octanol–water partition coefficient (Wildman–Crippen LogP) is -3.25. The molecule has 0 aliphatic carbocycles. The van der Waals surface area contributed by atoms with Crippen LogP contribution in [0.2, 0.25) is 19.6 Å². The molecule has 2 aromatic carbocycles. The minimum atomic E-state index is -1.03. The molecule has 0 nitrogen and oxygen atoms in total. The van der Waals surface area contributed by atoms with E-state index in [4.69, 9.17) is 0 Å². The standard InChI is InChI=1S/C9H15Si.C5H5.2ClH.H2Si.Zr/c1-8-6-5-7-9(8)10(2,3)4;1-2-4-5-3-1;;;;/h5-7H,1-4H3;1-5H;2*1H;1H2;/q2*-1;;;;+2/p-2. The van der Waals surface area contributed by atoms with Crippen molar-refractivity contribution in [3.8, 4) is 0 Å². The molecule has 0 heterocycles. The summed E-state index contributed by atoms with van der Waals surface area (Å²) in [6.45, 7) is 11.3. The number of rotatable bonds is 1. The summed E-state index contributed by atoms with van der Waals surface area (Å²) in [4.78, 5) is 0. The maximum atomic E-state index is 2.38. The summed E-state index contributed by atoms with van der Waals surface area (Å²) in [5, 5.41) is 1.60. The van der Waals surface area contributed by atoms with Gasteiger partial charge in [0.25, 0.3) is 0 Å². The van der Waals surface area contributed by atoms with E-state index >= 15 is 0 Å². The van der Waals surface area contributed by atoms with Crippen molar-refractivity contribution < 1.29 is 48.1 Å². The van der Waals surface area contributed by atoms with Crippen LogP contribution in [-0.4, -0.2) is 15.0 Å². The van der Waals surface area contributed by atoms with Gasteiger partial charge in [-0.1, -0.05) is 26.6 Å². The zero-order chi connectivity index (χ0) is 13.3. The van der Waals surface area contributed by atoms with Gasteiger partial charge in [0.2, 0.25) is 0 Å². The molecule has 2 rings (SSSR count). The molecule has 0 saturated heterocycles. The molecule has 19 heavy (non-hydrogen) atoms. The Kier molecular flexibility index (Phi) is 17.6. The third-order valence-corrected chi connectivity index (χ3v) is 4.57. The molecule has 0 aliphatic rings. The van der Waals surface area contributed by atoms with Gasteiger partial charge < -0.3 is 24.8 Å². The smallest absolute Gasteiger partial charge is 0.172 e. The van der Waals surface area contributed by atoms with E-state index in [-0.39, 0.29) is 24.8 Å². The molecule has 0 radical (unpaired) electrons. The molecule has 0 aromatic heterocycles. The molecule has 0 saturated carbocycles. The number of aryl methyl sites for hydroxylation is 1. The van der Waals surface area contributed by atoms with Crippen LogP contribution in [0.25, 0.3) is 0 Å². The Morgan fingerprint density at radius 3 is 1.68 bits per heavy atom. The van der Waals surface area contributed by atoms with Crippen molar-refractivity contribution in [2.45, 2.75) is 26.6 Å². The minimum Gasteiger partial charge on any atom is -0.214 e. The third-order valence-electron chi connectivity index (χ3n) is 2.40. The molecule has 0 N–H and O–H groups in total. The molecule has 0 unspecified atom stereocenters. The van der Waals surface area contributed by atoms with Crippen LogP contribution in [0.5, 0.6) is 0 Å². The summed E-state index contributed by atoms with van der Waals surface area (Å²) in [6.07, 6.45) is 0. The van der Waals surface area contributed by atoms with Crippen molar-refractivity contribution in [2.24, 2.45) is 0 Å². The van der Waals surface area contributed by atoms with E-state index in [9.17, 15) is 0 Å². The SMILES string of the molecule is Cc1ccc[c-]1[Si](C)(C)C.[Cl-].[Cl-].[SiH2]=[Zr+2].c1cc[cH-]c1. The molecular formula is C14H22Cl2Si2Zr-2. The van der Waals surface area contributed by atoms with Gasteiger partial charge in [-0.05, 0) is 0 Å². The second-order valence-electron chi connectivity index (χ2n) is 4.83. The van der Waals surface area contributed by atoms with Crippen molar-refractivity contribution in [3.05, 3.63) is 54.1 Å². The number of halogens is 2. The van der Waals surface area contributed by atoms with Gasteiger partial charge in [0.1, 0.15) is 0 Å². The first-order valence-electron chi connectivity index (χ1n) is 5.76. The van der Waals surface area contributed by atoms with E-state index in [1.807, 2.05) is 37.2 Å². The van der Waals surface area contributed by atoms with Crippen LogP contribution in [0.4, 0.5) is 0 Å². The van der Waals surface area contributed by atoms with E-state index in [1.54, 1.807) is 28.5 Å². The van der Waals surface area contributed by atoms with Crippen LogP contribution < -0.4 is 30.0 Å². The van der Waals surface area contributed by atoms with Gasteiger partial charge in [0.15, 0.2) is 0 Å². The number of hydrogen-bond acceptors (Lipinski definition) is 0. The molecule has 0 bridgehead atoms. The van der Waals surface area contributed by atoms with Gasteiger partial charge >= 0.3 is 30.2 Å². The second kappa shape index (κ2) is 13.6. The van der Waals surface area contributed by atoms with Gasteiger partial charge in [0.05, 0.1) is 0 Å². The van der Waals surface area contributed by atoms with E-state index in [0.717, 1.165) is 0 Å². The van der Waals surface area contributed by atoms with Gasteiger partial charge in [-0.2, -0.15) is 35.0 Å². The van der Waals surface area contributed by atoms with Crippen LogP contribution in [0.3, 0.4) is 0 Å². The van der Waals surface area contributed by atoms with Gasteiger partial charge in [0, 0.05) is 8.07 Å². The summed E-state index contributed by atoms with van der Waals surface area (Å²) in [7, 11) is -1.03. The summed E-state index contributed by atoms with van der Waals surface area (Å²) in [6, 6.07) is 16.6. The molecule has 0 spiro atoms. The fourth-order valence-corrected chi connectivity index (χ4v) is 3.53. The topological polar surface area (TPSA) is 0 Å². The predicted molar refractivity (Wildman–Crippen MR) is 80.3 cm³/mol. The Hall–Kier alpha value is 0.597. The van der Waals surface area contributed by atoms with Gasteiger partial charge in [-0.3, -0.25) is 0 Å². The van der Waals surface area contributed by atoms with Crippen LogP contribution >= 0.6 is 0 Å². The van der Waals surface area contributed by atoms with Gasteiger partial charge in [-0.25, -0.2) is 24.3 Å².